The van der Waals surface area contributed by atoms with Crippen molar-refractivity contribution < 1.29 is 23.9 Å². The smallest absolute Gasteiger partial charge is 0.349 e. The first-order valence-electron chi connectivity index (χ1n) is 7.18. The highest BCUT2D eigenvalue weighted by molar-refractivity contribution is 7.15. The van der Waals surface area contributed by atoms with Crippen molar-refractivity contribution in [2.24, 2.45) is 0 Å². The number of Topliss-reactive ketones (excluding diaryl/α,β-unsaturated/α-hetero) is 1. The van der Waals surface area contributed by atoms with Crippen LogP contribution in [0.2, 0.25) is 0 Å². The summed E-state index contributed by atoms with van der Waals surface area (Å²) in [6.07, 6.45) is -0.995. The summed E-state index contributed by atoms with van der Waals surface area (Å²) in [5, 5.41) is 2.65. The Morgan fingerprint density at radius 1 is 1.08 bits per heavy atom. The van der Waals surface area contributed by atoms with Gasteiger partial charge in [-0.3, -0.25) is 9.59 Å². The number of ketones is 1. The van der Waals surface area contributed by atoms with E-state index in [-0.39, 0.29) is 10.7 Å². The molecule has 24 heavy (non-hydrogen) atoms. The Balaban J connectivity index is 2.00. The monoisotopic (exact) mass is 347 g/mol. The lowest BCUT2D eigenvalue weighted by Crippen LogP contribution is -2.29. The first kappa shape index (κ1) is 17.7. The summed E-state index contributed by atoms with van der Waals surface area (Å²) in [6, 6.07) is 9.99. The fourth-order valence-electron chi connectivity index (χ4n) is 1.89. The molecule has 0 saturated carbocycles. The molecule has 1 aromatic carbocycles. The van der Waals surface area contributed by atoms with Crippen molar-refractivity contribution in [3.05, 3.63) is 46.2 Å². The van der Waals surface area contributed by atoms with Crippen LogP contribution in [-0.4, -0.2) is 30.9 Å². The van der Waals surface area contributed by atoms with E-state index >= 15 is 0 Å². The number of hydrogen-bond donors (Lipinski definition) is 1. The number of carbonyl (C=O) groups excluding carboxylic acids is 3. The molecule has 126 valence electrons. The molecule has 0 bridgehead atoms. The summed E-state index contributed by atoms with van der Waals surface area (Å²) in [5.74, 6) is -0.735. The van der Waals surface area contributed by atoms with Gasteiger partial charge in [-0.05, 0) is 38.1 Å². The average Bonchev–Trinajstić information content (AvgIpc) is 3.05. The number of benzene rings is 1. The summed E-state index contributed by atoms with van der Waals surface area (Å²) in [4.78, 5) is 36.2. The minimum atomic E-state index is -0.995. The molecule has 0 aliphatic carbocycles. The summed E-state index contributed by atoms with van der Waals surface area (Å²) in [6.45, 7) is 2.90. The summed E-state index contributed by atoms with van der Waals surface area (Å²) >= 11 is 1.04. The number of methoxy groups -OCH3 is 1. The van der Waals surface area contributed by atoms with Gasteiger partial charge in [0.15, 0.2) is 11.9 Å². The van der Waals surface area contributed by atoms with E-state index in [1.807, 2.05) is 0 Å². The van der Waals surface area contributed by atoms with Crippen molar-refractivity contribution in [3.63, 3.8) is 0 Å². The number of esters is 1. The molecule has 0 saturated heterocycles. The van der Waals surface area contributed by atoms with E-state index in [0.29, 0.717) is 16.3 Å². The molecule has 0 fully saturated rings. The van der Waals surface area contributed by atoms with Crippen molar-refractivity contribution in [2.45, 2.75) is 20.0 Å². The first-order valence-corrected chi connectivity index (χ1v) is 7.99. The number of hydrogen-bond acceptors (Lipinski definition) is 6. The van der Waals surface area contributed by atoms with Gasteiger partial charge in [-0.2, -0.15) is 0 Å². The molecule has 1 amide bonds. The number of thiophene rings is 1. The lowest BCUT2D eigenvalue weighted by molar-refractivity contribution is -0.123. The van der Waals surface area contributed by atoms with Gasteiger partial charge in [0.2, 0.25) is 0 Å². The van der Waals surface area contributed by atoms with Gasteiger partial charge in [0, 0.05) is 0 Å². The van der Waals surface area contributed by atoms with E-state index in [9.17, 15) is 14.4 Å². The van der Waals surface area contributed by atoms with Gasteiger partial charge in [0.25, 0.3) is 5.91 Å². The van der Waals surface area contributed by atoms with E-state index in [1.165, 1.54) is 27.0 Å². The molecule has 1 aromatic heterocycles. The molecular weight excluding hydrogens is 330 g/mol. The Morgan fingerprint density at radius 2 is 1.75 bits per heavy atom. The van der Waals surface area contributed by atoms with Gasteiger partial charge >= 0.3 is 5.97 Å². The normalized spacial score (nSPS) is 11.5. The van der Waals surface area contributed by atoms with E-state index in [1.54, 1.807) is 30.3 Å². The standard InChI is InChI=1S/C17H17NO5S/c1-10(19)14-8-9-15(24-14)17(21)23-11(2)16(20)18-12-6-4-5-7-13(12)22-3/h4-9,11H,1-3H3,(H,18,20). The maximum Gasteiger partial charge on any atom is 0.349 e. The maximum absolute atomic E-state index is 12.2. The van der Waals surface area contributed by atoms with Gasteiger partial charge in [0.05, 0.1) is 17.7 Å². The zero-order valence-electron chi connectivity index (χ0n) is 13.5. The van der Waals surface area contributed by atoms with Crippen LogP contribution in [0.4, 0.5) is 5.69 Å². The summed E-state index contributed by atoms with van der Waals surface area (Å²) in [5.41, 5.74) is 0.489. The number of ether oxygens (including phenoxy) is 2. The van der Waals surface area contributed by atoms with Crippen molar-refractivity contribution in [3.8, 4) is 5.75 Å². The van der Waals surface area contributed by atoms with Crippen LogP contribution in [0.25, 0.3) is 0 Å². The van der Waals surface area contributed by atoms with Gasteiger partial charge in [-0.15, -0.1) is 11.3 Å². The third-order valence-electron chi connectivity index (χ3n) is 3.17. The molecule has 6 nitrogen and oxygen atoms in total. The molecule has 1 unspecified atom stereocenters. The van der Waals surface area contributed by atoms with Crippen LogP contribution in [0.3, 0.4) is 0 Å². The van der Waals surface area contributed by atoms with Crippen molar-refractivity contribution >= 4 is 34.7 Å². The average molecular weight is 347 g/mol. The van der Waals surface area contributed by atoms with E-state index in [2.05, 4.69) is 5.32 Å². The van der Waals surface area contributed by atoms with E-state index in [4.69, 9.17) is 9.47 Å². The predicted octanol–water partition coefficient (Wildman–Crippen LogP) is 3.14. The van der Waals surface area contributed by atoms with Crippen LogP contribution in [0, 0.1) is 0 Å². The fourth-order valence-corrected chi connectivity index (χ4v) is 2.68. The highest BCUT2D eigenvalue weighted by Crippen LogP contribution is 2.23. The predicted molar refractivity (Wildman–Crippen MR) is 90.8 cm³/mol. The van der Waals surface area contributed by atoms with Crippen LogP contribution in [0.15, 0.2) is 36.4 Å². The third-order valence-corrected chi connectivity index (χ3v) is 4.34. The Kier molecular flexibility index (Phi) is 5.70. The zero-order chi connectivity index (χ0) is 17.7. The third kappa shape index (κ3) is 4.20. The van der Waals surface area contributed by atoms with E-state index < -0.39 is 18.0 Å². The highest BCUT2D eigenvalue weighted by atomic mass is 32.1. The number of amides is 1. The van der Waals surface area contributed by atoms with Crippen LogP contribution in [0.1, 0.15) is 33.2 Å². The summed E-state index contributed by atoms with van der Waals surface area (Å²) < 4.78 is 10.3. The lowest BCUT2D eigenvalue weighted by Gasteiger charge is -2.14. The fraction of sp³-hybridized carbons (Fsp3) is 0.235. The topological polar surface area (TPSA) is 81.7 Å². The first-order chi connectivity index (χ1) is 11.4. The molecular formula is C17H17NO5S. The molecule has 2 aromatic rings. The molecule has 1 heterocycles. The molecule has 0 spiro atoms. The van der Waals surface area contributed by atoms with Crippen molar-refractivity contribution in [1.29, 1.82) is 0 Å². The number of anilines is 1. The Hall–Kier alpha value is -2.67. The van der Waals surface area contributed by atoms with Crippen molar-refractivity contribution in [1.82, 2.24) is 0 Å². The van der Waals surface area contributed by atoms with Gasteiger partial charge < -0.3 is 14.8 Å². The quantitative estimate of drug-likeness (QED) is 0.641. The molecule has 2 rings (SSSR count). The second-order valence-corrected chi connectivity index (χ2v) is 6.04. The van der Waals surface area contributed by atoms with Crippen LogP contribution < -0.4 is 10.1 Å². The number of para-hydroxylation sites is 2. The largest absolute Gasteiger partial charge is 0.495 e. The van der Waals surface area contributed by atoms with Gasteiger partial charge in [-0.1, -0.05) is 12.1 Å². The Morgan fingerprint density at radius 3 is 2.38 bits per heavy atom. The van der Waals surface area contributed by atoms with Gasteiger partial charge in [-0.25, -0.2) is 4.79 Å². The second-order valence-electron chi connectivity index (χ2n) is 4.96. The van der Waals surface area contributed by atoms with Crippen molar-refractivity contribution in [2.75, 3.05) is 12.4 Å². The highest BCUT2D eigenvalue weighted by Gasteiger charge is 2.21. The van der Waals surface area contributed by atoms with Gasteiger partial charge in [0.1, 0.15) is 10.6 Å². The zero-order valence-corrected chi connectivity index (χ0v) is 14.3. The van der Waals surface area contributed by atoms with Crippen LogP contribution >= 0.6 is 11.3 Å². The number of carbonyl (C=O) groups is 3. The molecule has 0 aliphatic rings. The molecule has 0 radical (unpaired) electrons. The Bertz CT molecular complexity index is 768. The molecule has 0 aliphatic heterocycles. The SMILES string of the molecule is COc1ccccc1NC(=O)C(C)OC(=O)c1ccc(C(C)=O)s1. The van der Waals surface area contributed by atoms with Crippen LogP contribution in [0.5, 0.6) is 5.75 Å². The minimum Gasteiger partial charge on any atom is -0.495 e. The molecule has 7 heteroatoms. The number of rotatable bonds is 6. The minimum absolute atomic E-state index is 0.124. The second kappa shape index (κ2) is 7.74. The summed E-state index contributed by atoms with van der Waals surface area (Å²) in [7, 11) is 1.50. The molecule has 1 atom stereocenters. The Labute approximate surface area is 143 Å². The number of nitrogens with one attached hydrogen (secondary N) is 1. The van der Waals surface area contributed by atoms with Crippen LogP contribution in [-0.2, 0) is 9.53 Å². The lowest BCUT2D eigenvalue weighted by atomic mass is 10.2. The maximum atomic E-state index is 12.2. The van der Waals surface area contributed by atoms with E-state index in [0.717, 1.165) is 11.3 Å². The molecule has 1 N–H and O–H groups in total.